The lowest BCUT2D eigenvalue weighted by atomic mass is 9.90. The van der Waals surface area contributed by atoms with Gasteiger partial charge in [-0.15, -0.1) is 0 Å². The van der Waals surface area contributed by atoms with Crippen molar-refractivity contribution in [2.45, 2.75) is 38.8 Å². The zero-order valence-electron chi connectivity index (χ0n) is 13.5. The largest absolute Gasteiger partial charge is 0.497 e. The summed E-state index contributed by atoms with van der Waals surface area (Å²) in [6.45, 7) is 6.12. The maximum absolute atomic E-state index is 5.76. The Morgan fingerprint density at radius 1 is 1.33 bits per heavy atom. The van der Waals surface area contributed by atoms with Gasteiger partial charge in [0, 0.05) is 23.6 Å². The van der Waals surface area contributed by atoms with Gasteiger partial charge in [-0.05, 0) is 32.4 Å². The van der Waals surface area contributed by atoms with Crippen LogP contribution in [0.25, 0.3) is 0 Å². The molecule has 1 aliphatic heterocycles. The molecule has 0 aliphatic carbocycles. The van der Waals surface area contributed by atoms with E-state index in [1.807, 2.05) is 12.1 Å². The van der Waals surface area contributed by atoms with Crippen molar-refractivity contribution >= 4 is 0 Å². The lowest BCUT2D eigenvalue weighted by Gasteiger charge is -2.26. The molecule has 0 bridgehead atoms. The Morgan fingerprint density at radius 3 is 2.71 bits per heavy atom. The summed E-state index contributed by atoms with van der Waals surface area (Å²) in [5.41, 5.74) is 1.19. The lowest BCUT2D eigenvalue weighted by molar-refractivity contribution is 0.116. The van der Waals surface area contributed by atoms with E-state index in [1.165, 1.54) is 5.56 Å². The van der Waals surface area contributed by atoms with Crippen molar-refractivity contribution in [3.05, 3.63) is 23.8 Å². The first-order valence-corrected chi connectivity index (χ1v) is 7.76. The molecule has 21 heavy (non-hydrogen) atoms. The molecule has 1 aromatic carbocycles. The molecule has 1 aliphatic rings. The van der Waals surface area contributed by atoms with E-state index in [9.17, 15) is 0 Å². The molecular weight excluding hydrogens is 266 g/mol. The highest BCUT2D eigenvalue weighted by molar-refractivity contribution is 5.43. The van der Waals surface area contributed by atoms with Crippen LogP contribution in [0.15, 0.2) is 18.2 Å². The molecule has 118 valence electrons. The van der Waals surface area contributed by atoms with E-state index in [2.05, 4.69) is 25.2 Å². The Hall–Kier alpha value is -1.26. The van der Waals surface area contributed by atoms with Gasteiger partial charge in [-0.3, -0.25) is 0 Å². The summed E-state index contributed by atoms with van der Waals surface area (Å²) in [7, 11) is 3.39. The number of hydrogen-bond donors (Lipinski definition) is 1. The summed E-state index contributed by atoms with van der Waals surface area (Å²) in [4.78, 5) is 0. The van der Waals surface area contributed by atoms with Gasteiger partial charge in [0.25, 0.3) is 0 Å². The van der Waals surface area contributed by atoms with Crippen LogP contribution in [0.4, 0.5) is 0 Å². The molecule has 0 saturated carbocycles. The quantitative estimate of drug-likeness (QED) is 0.838. The third-order valence-electron chi connectivity index (χ3n) is 4.09. The SMILES string of the molecule is CCCNC(c1ccc(OC)cc1OC)C1COC(C)C1. The molecule has 1 aromatic rings. The van der Waals surface area contributed by atoms with Crippen molar-refractivity contribution in [3.8, 4) is 11.5 Å². The number of ether oxygens (including phenoxy) is 3. The fourth-order valence-electron chi connectivity index (χ4n) is 2.99. The molecule has 3 atom stereocenters. The van der Waals surface area contributed by atoms with Crippen LogP contribution in [0.3, 0.4) is 0 Å². The summed E-state index contributed by atoms with van der Waals surface area (Å²) in [6, 6.07) is 6.32. The van der Waals surface area contributed by atoms with E-state index < -0.39 is 0 Å². The van der Waals surface area contributed by atoms with Gasteiger partial charge >= 0.3 is 0 Å². The Morgan fingerprint density at radius 2 is 2.14 bits per heavy atom. The highest BCUT2D eigenvalue weighted by atomic mass is 16.5. The maximum Gasteiger partial charge on any atom is 0.127 e. The average Bonchev–Trinajstić information content (AvgIpc) is 2.94. The molecule has 1 saturated heterocycles. The molecule has 4 heteroatoms. The maximum atomic E-state index is 5.76. The van der Waals surface area contributed by atoms with E-state index in [-0.39, 0.29) is 6.04 Å². The van der Waals surface area contributed by atoms with Gasteiger partial charge in [0.15, 0.2) is 0 Å². The van der Waals surface area contributed by atoms with Crippen LogP contribution >= 0.6 is 0 Å². The first kappa shape index (κ1) is 16.1. The lowest BCUT2D eigenvalue weighted by Crippen LogP contribution is -2.30. The first-order chi connectivity index (χ1) is 10.2. The minimum atomic E-state index is 0.260. The molecule has 0 radical (unpaired) electrons. The van der Waals surface area contributed by atoms with Gasteiger partial charge in [0.2, 0.25) is 0 Å². The van der Waals surface area contributed by atoms with E-state index in [4.69, 9.17) is 14.2 Å². The molecule has 2 rings (SSSR count). The second-order valence-electron chi connectivity index (χ2n) is 5.68. The van der Waals surface area contributed by atoms with Crippen LogP contribution in [0.5, 0.6) is 11.5 Å². The molecule has 0 aromatic heterocycles. The summed E-state index contributed by atoms with van der Waals surface area (Å²) in [5.74, 6) is 2.18. The molecule has 4 nitrogen and oxygen atoms in total. The van der Waals surface area contributed by atoms with E-state index in [1.54, 1.807) is 14.2 Å². The van der Waals surface area contributed by atoms with Crippen LogP contribution < -0.4 is 14.8 Å². The van der Waals surface area contributed by atoms with Crippen LogP contribution in [0.2, 0.25) is 0 Å². The summed E-state index contributed by atoms with van der Waals surface area (Å²) >= 11 is 0. The van der Waals surface area contributed by atoms with Crippen LogP contribution in [-0.4, -0.2) is 33.5 Å². The van der Waals surface area contributed by atoms with Crippen molar-refractivity contribution in [2.24, 2.45) is 5.92 Å². The van der Waals surface area contributed by atoms with Gasteiger partial charge in [-0.2, -0.15) is 0 Å². The van der Waals surface area contributed by atoms with Crippen molar-refractivity contribution in [3.63, 3.8) is 0 Å². The number of rotatable bonds is 7. The summed E-state index contributed by atoms with van der Waals surface area (Å²) in [5, 5.41) is 3.66. The normalized spacial score (nSPS) is 23.0. The van der Waals surface area contributed by atoms with Crippen molar-refractivity contribution in [1.82, 2.24) is 5.32 Å². The topological polar surface area (TPSA) is 39.7 Å². The van der Waals surface area contributed by atoms with Crippen LogP contribution in [0.1, 0.15) is 38.3 Å². The number of nitrogens with one attached hydrogen (secondary N) is 1. The fraction of sp³-hybridized carbons (Fsp3) is 0.647. The van der Waals surface area contributed by atoms with Gasteiger partial charge in [-0.25, -0.2) is 0 Å². The smallest absolute Gasteiger partial charge is 0.127 e. The highest BCUT2D eigenvalue weighted by Gasteiger charge is 2.31. The van der Waals surface area contributed by atoms with Crippen molar-refractivity contribution in [2.75, 3.05) is 27.4 Å². The summed E-state index contributed by atoms with van der Waals surface area (Å²) in [6.07, 6.45) is 2.53. The molecule has 1 fully saturated rings. The Bertz CT molecular complexity index is 450. The number of methoxy groups -OCH3 is 2. The summed E-state index contributed by atoms with van der Waals surface area (Å²) < 4.78 is 16.6. The molecule has 1 N–H and O–H groups in total. The van der Waals surface area contributed by atoms with E-state index in [0.29, 0.717) is 12.0 Å². The second-order valence-corrected chi connectivity index (χ2v) is 5.68. The van der Waals surface area contributed by atoms with Gasteiger partial charge in [0.05, 0.1) is 26.9 Å². The minimum absolute atomic E-state index is 0.260. The monoisotopic (exact) mass is 293 g/mol. The van der Waals surface area contributed by atoms with Crippen LogP contribution in [-0.2, 0) is 4.74 Å². The molecule has 1 heterocycles. The van der Waals surface area contributed by atoms with Gasteiger partial charge in [-0.1, -0.05) is 13.0 Å². The van der Waals surface area contributed by atoms with Crippen molar-refractivity contribution < 1.29 is 14.2 Å². The van der Waals surface area contributed by atoms with Crippen molar-refractivity contribution in [1.29, 1.82) is 0 Å². The molecule has 3 unspecified atom stereocenters. The van der Waals surface area contributed by atoms with Gasteiger partial charge in [0.1, 0.15) is 11.5 Å². The molecule has 0 amide bonds. The van der Waals surface area contributed by atoms with Gasteiger partial charge < -0.3 is 19.5 Å². The average molecular weight is 293 g/mol. The Balaban J connectivity index is 2.26. The van der Waals surface area contributed by atoms with E-state index in [0.717, 1.165) is 37.5 Å². The predicted molar refractivity (Wildman–Crippen MR) is 84.1 cm³/mol. The highest BCUT2D eigenvalue weighted by Crippen LogP contribution is 2.37. The Kier molecular flexibility index (Phi) is 5.88. The number of hydrogen-bond acceptors (Lipinski definition) is 4. The standard InChI is InChI=1S/C17H27NO3/c1-5-8-18-17(13-9-12(2)21-11-13)15-7-6-14(19-3)10-16(15)20-4/h6-7,10,12-13,17-18H,5,8-9,11H2,1-4H3. The zero-order valence-corrected chi connectivity index (χ0v) is 13.5. The fourth-order valence-corrected chi connectivity index (χ4v) is 2.99. The molecule has 0 spiro atoms. The third-order valence-corrected chi connectivity index (χ3v) is 4.09. The third kappa shape index (κ3) is 3.89. The predicted octanol–water partition coefficient (Wildman–Crippen LogP) is 3.17. The second kappa shape index (κ2) is 7.66. The number of benzene rings is 1. The van der Waals surface area contributed by atoms with E-state index >= 15 is 0 Å². The zero-order chi connectivity index (χ0) is 15.2. The Labute approximate surface area is 127 Å². The first-order valence-electron chi connectivity index (χ1n) is 7.76. The van der Waals surface area contributed by atoms with Crippen LogP contribution in [0, 0.1) is 5.92 Å². The molecular formula is C17H27NO3. The minimum Gasteiger partial charge on any atom is -0.497 e.